The fourth-order valence-electron chi connectivity index (χ4n) is 3.03. The lowest BCUT2D eigenvalue weighted by molar-refractivity contribution is -0.127. The first kappa shape index (κ1) is 18.6. The molecule has 1 heterocycles. The summed E-state index contributed by atoms with van der Waals surface area (Å²) in [4.78, 5) is 31.1. The molecule has 3 rings (SSSR count). The first-order valence-electron chi connectivity index (χ1n) is 8.84. The molecular weight excluding hydrogens is 342 g/mol. The van der Waals surface area contributed by atoms with E-state index in [1.165, 1.54) is 0 Å². The number of amides is 2. The van der Waals surface area contributed by atoms with Gasteiger partial charge in [0.15, 0.2) is 0 Å². The third-order valence-electron chi connectivity index (χ3n) is 4.49. The number of aromatic nitrogens is 2. The molecule has 7 heteroatoms. The summed E-state index contributed by atoms with van der Waals surface area (Å²) in [5.41, 5.74) is 12.4. The number of aromatic amines is 1. The largest absolute Gasteiger partial charge is 0.368 e. The van der Waals surface area contributed by atoms with Gasteiger partial charge in [-0.15, -0.1) is 0 Å². The molecule has 140 valence electrons. The van der Waals surface area contributed by atoms with E-state index in [1.807, 2.05) is 42.5 Å². The molecule has 6 N–H and O–H groups in total. The zero-order valence-corrected chi connectivity index (χ0v) is 14.9. The van der Waals surface area contributed by atoms with Gasteiger partial charge in [-0.25, -0.2) is 4.98 Å². The molecule has 0 saturated carbocycles. The molecule has 2 atom stereocenters. The number of nitrogens with one attached hydrogen (secondary N) is 2. The highest BCUT2D eigenvalue weighted by Crippen LogP contribution is 2.16. The zero-order valence-electron chi connectivity index (χ0n) is 14.9. The van der Waals surface area contributed by atoms with Crippen molar-refractivity contribution in [3.63, 3.8) is 0 Å². The monoisotopic (exact) mass is 365 g/mol. The Morgan fingerprint density at radius 2 is 1.89 bits per heavy atom. The SMILES string of the molecule is NC(=O)[C@H](CCC(N)c1ncc[nH]1)NC(=O)Cc1ccc2ccccc2c1. The lowest BCUT2D eigenvalue weighted by atomic mass is 10.0. The number of carbonyl (C=O) groups excluding carboxylic acids is 2. The molecule has 0 aliphatic heterocycles. The van der Waals surface area contributed by atoms with Gasteiger partial charge in [0.2, 0.25) is 11.8 Å². The molecule has 0 fully saturated rings. The Hall–Kier alpha value is -3.19. The first-order chi connectivity index (χ1) is 13.0. The molecule has 0 bridgehead atoms. The van der Waals surface area contributed by atoms with Crippen molar-refractivity contribution in [2.75, 3.05) is 0 Å². The van der Waals surface area contributed by atoms with Gasteiger partial charge in [-0.3, -0.25) is 9.59 Å². The summed E-state index contributed by atoms with van der Waals surface area (Å²) in [6, 6.07) is 12.7. The molecule has 2 amide bonds. The number of hydrogen-bond donors (Lipinski definition) is 4. The van der Waals surface area contributed by atoms with Crippen LogP contribution in [0.25, 0.3) is 10.8 Å². The van der Waals surface area contributed by atoms with E-state index in [2.05, 4.69) is 15.3 Å². The predicted octanol–water partition coefficient (Wildman–Crippen LogP) is 1.56. The van der Waals surface area contributed by atoms with Crippen molar-refractivity contribution < 1.29 is 9.59 Å². The van der Waals surface area contributed by atoms with Gasteiger partial charge in [-0.2, -0.15) is 0 Å². The first-order valence-corrected chi connectivity index (χ1v) is 8.84. The summed E-state index contributed by atoms with van der Waals surface area (Å²) in [7, 11) is 0. The van der Waals surface area contributed by atoms with E-state index in [9.17, 15) is 9.59 Å². The van der Waals surface area contributed by atoms with Crippen LogP contribution in [0, 0.1) is 0 Å². The van der Waals surface area contributed by atoms with Gasteiger partial charge in [0.25, 0.3) is 0 Å². The number of nitrogens with zero attached hydrogens (tertiary/aromatic N) is 1. The average molecular weight is 365 g/mol. The number of rotatable bonds is 8. The van der Waals surface area contributed by atoms with Crippen molar-refractivity contribution in [3.05, 3.63) is 66.2 Å². The van der Waals surface area contributed by atoms with Crippen LogP contribution in [0.3, 0.4) is 0 Å². The van der Waals surface area contributed by atoms with Crippen LogP contribution in [0.4, 0.5) is 0 Å². The minimum Gasteiger partial charge on any atom is -0.368 e. The van der Waals surface area contributed by atoms with Crippen molar-refractivity contribution in [1.82, 2.24) is 15.3 Å². The number of fused-ring (bicyclic) bond motifs is 1. The Balaban J connectivity index is 1.58. The predicted molar refractivity (Wildman–Crippen MR) is 104 cm³/mol. The second kappa shape index (κ2) is 8.46. The van der Waals surface area contributed by atoms with Crippen molar-refractivity contribution in [3.8, 4) is 0 Å². The Morgan fingerprint density at radius 1 is 1.11 bits per heavy atom. The van der Waals surface area contributed by atoms with Crippen molar-refractivity contribution >= 4 is 22.6 Å². The Labute approximate surface area is 157 Å². The maximum absolute atomic E-state index is 12.4. The molecule has 1 aromatic heterocycles. The van der Waals surface area contributed by atoms with Crippen LogP contribution in [0.15, 0.2) is 54.9 Å². The highest BCUT2D eigenvalue weighted by Gasteiger charge is 2.20. The van der Waals surface area contributed by atoms with Crippen LogP contribution in [0.1, 0.15) is 30.3 Å². The molecule has 3 aromatic rings. The summed E-state index contributed by atoms with van der Waals surface area (Å²) < 4.78 is 0. The lowest BCUT2D eigenvalue weighted by Gasteiger charge is -2.17. The standard InChI is InChI=1S/C20H23N5O2/c21-16(20-23-9-10-24-20)7-8-17(19(22)27)25-18(26)12-13-5-6-14-3-1-2-4-15(14)11-13/h1-6,9-11,16-17H,7-8,12,21H2,(H2,22,27)(H,23,24)(H,25,26)/t16?,17-/m0/s1. The van der Waals surface area contributed by atoms with Crippen LogP contribution < -0.4 is 16.8 Å². The molecule has 0 saturated heterocycles. The van der Waals surface area contributed by atoms with Crippen LogP contribution in [-0.4, -0.2) is 27.8 Å². The highest BCUT2D eigenvalue weighted by molar-refractivity contribution is 5.88. The minimum atomic E-state index is -0.765. The van der Waals surface area contributed by atoms with Gasteiger partial charge < -0.3 is 21.8 Å². The number of hydrogen-bond acceptors (Lipinski definition) is 4. The molecule has 27 heavy (non-hydrogen) atoms. The normalized spacial score (nSPS) is 13.2. The van der Waals surface area contributed by atoms with E-state index in [0.29, 0.717) is 18.7 Å². The maximum Gasteiger partial charge on any atom is 0.240 e. The van der Waals surface area contributed by atoms with E-state index in [4.69, 9.17) is 11.5 Å². The Kier molecular flexibility index (Phi) is 5.83. The molecule has 0 spiro atoms. The highest BCUT2D eigenvalue weighted by atomic mass is 16.2. The molecule has 2 aromatic carbocycles. The molecule has 0 aliphatic rings. The van der Waals surface area contributed by atoms with Crippen LogP contribution >= 0.6 is 0 Å². The van der Waals surface area contributed by atoms with E-state index in [-0.39, 0.29) is 18.4 Å². The third-order valence-corrected chi connectivity index (χ3v) is 4.49. The minimum absolute atomic E-state index is 0.179. The van der Waals surface area contributed by atoms with Crippen molar-refractivity contribution in [1.29, 1.82) is 0 Å². The number of carbonyl (C=O) groups is 2. The van der Waals surface area contributed by atoms with Crippen molar-refractivity contribution in [2.45, 2.75) is 31.3 Å². The third kappa shape index (κ3) is 4.92. The van der Waals surface area contributed by atoms with Gasteiger partial charge in [-0.05, 0) is 29.2 Å². The summed E-state index contributed by atoms with van der Waals surface area (Å²) >= 11 is 0. The average Bonchev–Trinajstić information content (AvgIpc) is 3.19. The molecule has 1 unspecified atom stereocenters. The van der Waals surface area contributed by atoms with E-state index in [1.54, 1.807) is 12.4 Å². The van der Waals surface area contributed by atoms with Gasteiger partial charge in [0.05, 0.1) is 12.5 Å². The summed E-state index contributed by atoms with van der Waals surface area (Å²) in [6.45, 7) is 0. The molecular formula is C20H23N5O2. The second-order valence-electron chi connectivity index (χ2n) is 6.54. The smallest absolute Gasteiger partial charge is 0.240 e. The number of nitrogens with two attached hydrogens (primary N) is 2. The molecule has 0 radical (unpaired) electrons. The number of imidazole rings is 1. The quantitative estimate of drug-likeness (QED) is 0.483. The Morgan fingerprint density at radius 3 is 2.59 bits per heavy atom. The summed E-state index contributed by atoms with van der Waals surface area (Å²) in [5, 5.41) is 4.90. The van der Waals surface area contributed by atoms with Gasteiger partial charge in [0, 0.05) is 12.4 Å². The van der Waals surface area contributed by atoms with E-state index in [0.717, 1.165) is 16.3 Å². The fraction of sp³-hybridized carbons (Fsp3) is 0.250. The molecule has 7 nitrogen and oxygen atoms in total. The lowest BCUT2D eigenvalue weighted by Crippen LogP contribution is -2.45. The van der Waals surface area contributed by atoms with Crippen LogP contribution in [0.2, 0.25) is 0 Å². The van der Waals surface area contributed by atoms with E-state index >= 15 is 0 Å². The maximum atomic E-state index is 12.4. The number of primary amides is 1. The fourth-order valence-corrected chi connectivity index (χ4v) is 3.03. The van der Waals surface area contributed by atoms with Gasteiger partial charge in [-0.1, -0.05) is 42.5 Å². The van der Waals surface area contributed by atoms with E-state index < -0.39 is 11.9 Å². The summed E-state index contributed by atoms with van der Waals surface area (Å²) in [5.74, 6) is -0.185. The van der Waals surface area contributed by atoms with Gasteiger partial charge in [0.1, 0.15) is 11.9 Å². The van der Waals surface area contributed by atoms with Crippen LogP contribution in [-0.2, 0) is 16.0 Å². The van der Waals surface area contributed by atoms with Gasteiger partial charge >= 0.3 is 0 Å². The zero-order chi connectivity index (χ0) is 19.2. The number of benzene rings is 2. The second-order valence-corrected chi connectivity index (χ2v) is 6.54. The van der Waals surface area contributed by atoms with Crippen LogP contribution in [0.5, 0.6) is 0 Å². The topological polar surface area (TPSA) is 127 Å². The summed E-state index contributed by atoms with van der Waals surface area (Å²) in [6.07, 6.45) is 4.30. The Bertz CT molecular complexity index is 923. The molecule has 0 aliphatic carbocycles. The van der Waals surface area contributed by atoms with Crippen molar-refractivity contribution in [2.24, 2.45) is 11.5 Å². The number of H-pyrrole nitrogens is 1.